The third-order valence-corrected chi connectivity index (χ3v) is 2.22. The fourth-order valence-corrected chi connectivity index (χ4v) is 1.30. The monoisotopic (exact) mass is 253 g/mol. The van der Waals surface area contributed by atoms with E-state index in [-0.39, 0.29) is 0 Å². The minimum absolute atomic E-state index is 0.479. The Kier molecular flexibility index (Phi) is 6.37. The molecule has 0 bridgehead atoms. The smallest absolute Gasteiger partial charge is 0.235 e. The lowest BCUT2D eigenvalue weighted by Gasteiger charge is -1.86. The molecule has 0 aliphatic heterocycles. The van der Waals surface area contributed by atoms with Crippen molar-refractivity contribution in [2.24, 2.45) is 0 Å². The van der Waals surface area contributed by atoms with E-state index in [9.17, 15) is 10.1 Å². The summed E-state index contributed by atoms with van der Waals surface area (Å²) in [6.07, 6.45) is 4.22. The average molecular weight is 253 g/mol. The lowest BCUT2D eigenvalue weighted by Crippen LogP contribution is -1.81. The highest BCUT2D eigenvalue weighted by molar-refractivity contribution is 5.47. The summed E-state index contributed by atoms with van der Waals surface area (Å²) in [5.74, 6) is 0. The third-order valence-electron chi connectivity index (χ3n) is 2.22. The number of nitro groups is 1. The molecule has 0 fully saturated rings. The molecule has 0 amide bonds. The summed E-state index contributed by atoms with van der Waals surface area (Å²) in [5.41, 5.74) is 2.01. The molecule has 0 aliphatic carbocycles. The summed E-state index contributed by atoms with van der Waals surface area (Å²) >= 11 is 0. The molecule has 0 atom stereocenters. The molecule has 0 N–H and O–H groups in total. The Balaban J connectivity index is 0.000000200. The van der Waals surface area contributed by atoms with Gasteiger partial charge in [-0.3, -0.25) is 10.1 Å². The highest BCUT2D eigenvalue weighted by Gasteiger charge is 1.86. The molecule has 96 valence electrons. The van der Waals surface area contributed by atoms with Crippen LogP contribution in [-0.4, -0.2) is 4.92 Å². The van der Waals surface area contributed by atoms with E-state index in [0.29, 0.717) is 0 Å². The van der Waals surface area contributed by atoms with E-state index in [4.69, 9.17) is 0 Å². The van der Waals surface area contributed by atoms with Crippen molar-refractivity contribution >= 4 is 12.2 Å². The Bertz CT molecular complexity index is 533. The van der Waals surface area contributed by atoms with Gasteiger partial charge in [0, 0.05) is 6.08 Å². The second-order valence-corrected chi connectivity index (χ2v) is 3.63. The molecule has 0 unspecified atom stereocenters. The van der Waals surface area contributed by atoms with Gasteiger partial charge in [-0.2, -0.15) is 0 Å². The van der Waals surface area contributed by atoms with Gasteiger partial charge in [0.25, 0.3) is 0 Å². The topological polar surface area (TPSA) is 43.1 Å². The lowest BCUT2D eigenvalue weighted by atomic mass is 10.2. The molecule has 0 aliphatic rings. The Labute approximate surface area is 112 Å². The van der Waals surface area contributed by atoms with Gasteiger partial charge < -0.3 is 0 Å². The van der Waals surface area contributed by atoms with Gasteiger partial charge in [0.2, 0.25) is 6.20 Å². The molecule has 2 rings (SSSR count). The molecular weight excluding hydrogens is 238 g/mol. The van der Waals surface area contributed by atoms with Crippen LogP contribution in [0, 0.1) is 10.1 Å². The SMILES string of the molecule is C=Cc1ccccc1.O=[N+]([O-])C=Cc1ccccc1. The second kappa shape index (κ2) is 8.42. The summed E-state index contributed by atoms with van der Waals surface area (Å²) in [6, 6.07) is 19.2. The lowest BCUT2D eigenvalue weighted by molar-refractivity contribution is -0.400. The van der Waals surface area contributed by atoms with E-state index in [1.165, 1.54) is 11.6 Å². The third kappa shape index (κ3) is 6.58. The first-order valence-electron chi connectivity index (χ1n) is 5.76. The van der Waals surface area contributed by atoms with Gasteiger partial charge in [-0.05, 0) is 11.1 Å². The highest BCUT2D eigenvalue weighted by Crippen LogP contribution is 2.00. The molecule has 3 nitrogen and oxygen atoms in total. The first-order chi connectivity index (χ1) is 9.22. The molecule has 2 aromatic carbocycles. The summed E-state index contributed by atoms with van der Waals surface area (Å²) in [5, 5.41) is 9.89. The maximum Gasteiger partial charge on any atom is 0.235 e. The first kappa shape index (κ1) is 14.4. The van der Waals surface area contributed by atoms with Crippen LogP contribution >= 0.6 is 0 Å². The van der Waals surface area contributed by atoms with Crippen LogP contribution in [0.5, 0.6) is 0 Å². The van der Waals surface area contributed by atoms with Crippen LogP contribution in [0.15, 0.2) is 73.4 Å². The van der Waals surface area contributed by atoms with Crippen molar-refractivity contribution in [2.75, 3.05) is 0 Å². The van der Waals surface area contributed by atoms with Crippen molar-refractivity contribution in [3.63, 3.8) is 0 Å². The molecule has 3 heteroatoms. The zero-order valence-corrected chi connectivity index (χ0v) is 10.5. The van der Waals surface area contributed by atoms with Gasteiger partial charge in [0.1, 0.15) is 0 Å². The van der Waals surface area contributed by atoms with E-state index >= 15 is 0 Å². The van der Waals surface area contributed by atoms with Crippen molar-refractivity contribution in [1.82, 2.24) is 0 Å². The van der Waals surface area contributed by atoms with E-state index < -0.39 is 4.92 Å². The van der Waals surface area contributed by atoms with Gasteiger partial charge >= 0.3 is 0 Å². The maximum atomic E-state index is 9.89. The predicted octanol–water partition coefficient (Wildman–Crippen LogP) is 4.26. The second-order valence-electron chi connectivity index (χ2n) is 3.63. The van der Waals surface area contributed by atoms with Crippen molar-refractivity contribution < 1.29 is 4.92 Å². The zero-order chi connectivity index (χ0) is 13.9. The minimum Gasteiger partial charge on any atom is -0.259 e. The largest absolute Gasteiger partial charge is 0.259 e. The van der Waals surface area contributed by atoms with Gasteiger partial charge in [-0.25, -0.2) is 0 Å². The summed E-state index contributed by atoms with van der Waals surface area (Å²) in [6.45, 7) is 3.63. The van der Waals surface area contributed by atoms with Crippen molar-refractivity contribution in [3.05, 3.63) is 94.7 Å². The van der Waals surface area contributed by atoms with E-state index in [1.54, 1.807) is 12.1 Å². The molecule has 0 radical (unpaired) electrons. The number of rotatable bonds is 3. The number of hydrogen-bond acceptors (Lipinski definition) is 2. The van der Waals surface area contributed by atoms with Crippen LogP contribution in [0.2, 0.25) is 0 Å². The Morgan fingerprint density at radius 1 is 0.895 bits per heavy atom. The standard InChI is InChI=1S/C8H7NO2.C8H8/c10-9(11)7-6-8-4-2-1-3-5-8;1-2-8-6-4-3-5-7-8/h1-7H;2-7H,1H2. The Morgan fingerprint density at radius 2 is 1.37 bits per heavy atom. The van der Waals surface area contributed by atoms with E-state index in [1.807, 2.05) is 54.6 Å². The van der Waals surface area contributed by atoms with Crippen LogP contribution in [0.3, 0.4) is 0 Å². The first-order valence-corrected chi connectivity index (χ1v) is 5.76. The normalized spacial score (nSPS) is 9.47. The molecular formula is C16H15NO2. The number of benzene rings is 2. The number of hydrogen-bond donors (Lipinski definition) is 0. The Morgan fingerprint density at radius 3 is 1.74 bits per heavy atom. The average Bonchev–Trinajstić information content (AvgIpc) is 2.48. The maximum absolute atomic E-state index is 9.89. The molecule has 2 aromatic rings. The molecule has 0 saturated heterocycles. The van der Waals surface area contributed by atoms with Gasteiger partial charge in [-0.15, -0.1) is 0 Å². The van der Waals surface area contributed by atoms with Crippen LogP contribution < -0.4 is 0 Å². The summed E-state index contributed by atoms with van der Waals surface area (Å²) in [4.78, 5) is 9.41. The van der Waals surface area contributed by atoms with Crippen LogP contribution in [0.1, 0.15) is 11.1 Å². The molecule has 0 saturated carbocycles. The van der Waals surface area contributed by atoms with E-state index in [2.05, 4.69) is 6.58 Å². The van der Waals surface area contributed by atoms with Crippen molar-refractivity contribution in [1.29, 1.82) is 0 Å². The van der Waals surface area contributed by atoms with E-state index in [0.717, 1.165) is 11.8 Å². The number of nitrogens with zero attached hydrogens (tertiary/aromatic N) is 1. The summed E-state index contributed by atoms with van der Waals surface area (Å²) < 4.78 is 0. The van der Waals surface area contributed by atoms with Gasteiger partial charge in [-0.1, -0.05) is 73.3 Å². The quantitative estimate of drug-likeness (QED) is 0.605. The summed E-state index contributed by atoms with van der Waals surface area (Å²) in [7, 11) is 0. The molecule has 19 heavy (non-hydrogen) atoms. The van der Waals surface area contributed by atoms with Gasteiger partial charge in [0.05, 0.1) is 4.92 Å². The molecule has 0 aromatic heterocycles. The fraction of sp³-hybridized carbons (Fsp3) is 0. The van der Waals surface area contributed by atoms with Crippen LogP contribution in [0.4, 0.5) is 0 Å². The predicted molar refractivity (Wildman–Crippen MR) is 79.0 cm³/mol. The van der Waals surface area contributed by atoms with Crippen LogP contribution in [0.25, 0.3) is 12.2 Å². The van der Waals surface area contributed by atoms with Gasteiger partial charge in [0.15, 0.2) is 0 Å². The van der Waals surface area contributed by atoms with Crippen molar-refractivity contribution in [3.8, 4) is 0 Å². The minimum atomic E-state index is -0.479. The molecule has 0 spiro atoms. The van der Waals surface area contributed by atoms with Crippen LogP contribution in [-0.2, 0) is 0 Å². The molecule has 0 heterocycles. The fourth-order valence-electron chi connectivity index (χ4n) is 1.30. The van der Waals surface area contributed by atoms with Crippen molar-refractivity contribution in [2.45, 2.75) is 0 Å². The highest BCUT2D eigenvalue weighted by atomic mass is 16.6. The Hall–Kier alpha value is -2.68. The zero-order valence-electron chi connectivity index (χ0n) is 10.5.